The van der Waals surface area contributed by atoms with E-state index in [1.54, 1.807) is 18.2 Å². The lowest BCUT2D eigenvalue weighted by Crippen LogP contribution is -2.39. The molecule has 1 aliphatic rings. The van der Waals surface area contributed by atoms with Crippen molar-refractivity contribution in [1.29, 1.82) is 0 Å². The molecule has 0 aromatic heterocycles. The Bertz CT molecular complexity index is 1030. The van der Waals surface area contributed by atoms with E-state index in [1.165, 1.54) is 6.07 Å². The van der Waals surface area contributed by atoms with Crippen LogP contribution in [0.1, 0.15) is 11.1 Å². The predicted octanol–water partition coefficient (Wildman–Crippen LogP) is 4.27. The van der Waals surface area contributed by atoms with Crippen molar-refractivity contribution in [3.05, 3.63) is 82.6 Å². The molecule has 3 aromatic carbocycles. The molecule has 29 heavy (non-hydrogen) atoms. The summed E-state index contributed by atoms with van der Waals surface area (Å²) in [4.78, 5) is 0. The Kier molecular flexibility index (Phi) is 5.46. The summed E-state index contributed by atoms with van der Waals surface area (Å²) in [6, 6.07) is 18.0. The lowest BCUT2D eigenvalue weighted by atomic mass is 9.86. The number of rotatable bonds is 6. The van der Waals surface area contributed by atoms with Crippen molar-refractivity contribution >= 4 is 11.6 Å². The van der Waals surface area contributed by atoms with Gasteiger partial charge in [0.25, 0.3) is 0 Å². The summed E-state index contributed by atoms with van der Waals surface area (Å²) in [5, 5.41) is 0.427. The minimum absolute atomic E-state index is 0.274. The molecule has 0 radical (unpaired) electrons. The molecule has 0 unspecified atom stereocenters. The third kappa shape index (κ3) is 3.46. The molecule has 0 aliphatic carbocycles. The molecular weight excluding hydrogens is 391 g/mol. The predicted molar refractivity (Wildman–Crippen MR) is 113 cm³/mol. The normalized spacial score (nSPS) is 17.7. The zero-order chi connectivity index (χ0) is 20.4. The molecule has 0 fully saturated rings. The molecule has 0 saturated carbocycles. The lowest BCUT2D eigenvalue weighted by Gasteiger charge is -2.27. The monoisotopic (exact) mass is 412 g/mol. The molecule has 1 atom stereocenters. The largest absolute Gasteiger partial charge is 0.492 e. The Hall–Kier alpha value is -2.60. The minimum atomic E-state index is -0.730. The van der Waals surface area contributed by atoms with E-state index in [1.807, 2.05) is 36.4 Å². The highest BCUT2D eigenvalue weighted by molar-refractivity contribution is 6.33. The molecule has 0 spiro atoms. The average Bonchev–Trinajstić information content (AvgIpc) is 3.14. The third-order valence-corrected chi connectivity index (χ3v) is 5.53. The van der Waals surface area contributed by atoms with Gasteiger partial charge in [-0.25, -0.2) is 4.39 Å². The fourth-order valence-electron chi connectivity index (χ4n) is 3.84. The molecule has 0 amide bonds. The van der Waals surface area contributed by atoms with Crippen LogP contribution in [0.3, 0.4) is 0 Å². The van der Waals surface area contributed by atoms with Crippen molar-refractivity contribution < 1.29 is 13.9 Å². The van der Waals surface area contributed by atoms with Crippen LogP contribution in [0.4, 0.5) is 4.39 Å². The van der Waals surface area contributed by atoms with E-state index >= 15 is 0 Å². The zero-order valence-electron chi connectivity index (χ0n) is 15.8. The maximum atomic E-state index is 15.0. The number of nitrogens with two attached hydrogens (primary N) is 2. The number of hydrogen-bond donors (Lipinski definition) is 2. The number of halogens is 2. The van der Waals surface area contributed by atoms with Gasteiger partial charge >= 0.3 is 0 Å². The highest BCUT2D eigenvalue weighted by Gasteiger charge is 2.42. The van der Waals surface area contributed by atoms with Crippen LogP contribution in [0.2, 0.25) is 5.02 Å². The second kappa shape index (κ2) is 8.03. The molecule has 4 N–H and O–H groups in total. The van der Waals surface area contributed by atoms with Crippen molar-refractivity contribution in [3.8, 4) is 22.6 Å². The van der Waals surface area contributed by atoms with Gasteiger partial charge in [-0.2, -0.15) is 0 Å². The van der Waals surface area contributed by atoms with Crippen LogP contribution < -0.4 is 20.9 Å². The first kappa shape index (κ1) is 19.7. The maximum Gasteiger partial charge on any atom is 0.150 e. The van der Waals surface area contributed by atoms with Gasteiger partial charge in [-0.15, -0.1) is 0 Å². The Morgan fingerprint density at radius 3 is 2.52 bits per heavy atom. The van der Waals surface area contributed by atoms with Crippen molar-refractivity contribution in [2.75, 3.05) is 19.7 Å². The Morgan fingerprint density at radius 2 is 1.79 bits per heavy atom. The van der Waals surface area contributed by atoms with E-state index < -0.39 is 11.4 Å². The number of ether oxygens (including phenoxy) is 2. The zero-order valence-corrected chi connectivity index (χ0v) is 16.6. The van der Waals surface area contributed by atoms with Crippen LogP contribution in [-0.2, 0) is 12.0 Å². The highest BCUT2D eigenvalue weighted by Crippen LogP contribution is 2.49. The molecule has 0 bridgehead atoms. The summed E-state index contributed by atoms with van der Waals surface area (Å²) >= 11 is 6.57. The molecule has 0 saturated heterocycles. The number of fused-ring (bicyclic) bond motifs is 1. The average molecular weight is 413 g/mol. The molecule has 1 heterocycles. The molecule has 4 nitrogen and oxygen atoms in total. The van der Waals surface area contributed by atoms with Crippen LogP contribution in [0.25, 0.3) is 11.1 Å². The maximum absolute atomic E-state index is 15.0. The van der Waals surface area contributed by atoms with E-state index in [-0.39, 0.29) is 13.2 Å². The van der Waals surface area contributed by atoms with Crippen molar-refractivity contribution in [1.82, 2.24) is 0 Å². The van der Waals surface area contributed by atoms with Gasteiger partial charge in [0.05, 0.1) is 5.56 Å². The van der Waals surface area contributed by atoms with Crippen LogP contribution in [0.15, 0.2) is 60.7 Å². The summed E-state index contributed by atoms with van der Waals surface area (Å²) in [6.07, 6.45) is 0.476. The third-order valence-electron chi connectivity index (χ3n) is 5.22. The SMILES string of the molecule is NCCOc1cccc(F)c1-c1c(Cl)ccc2c1C[C@@](CN)(c1ccccc1)O2. The van der Waals surface area contributed by atoms with E-state index in [4.69, 9.17) is 32.5 Å². The van der Waals surface area contributed by atoms with E-state index in [9.17, 15) is 4.39 Å². The van der Waals surface area contributed by atoms with Gasteiger partial charge in [0.1, 0.15) is 23.9 Å². The topological polar surface area (TPSA) is 70.5 Å². The lowest BCUT2D eigenvalue weighted by molar-refractivity contribution is 0.103. The summed E-state index contributed by atoms with van der Waals surface area (Å²) < 4.78 is 27.0. The van der Waals surface area contributed by atoms with Crippen LogP contribution in [0.5, 0.6) is 11.5 Å². The summed E-state index contributed by atoms with van der Waals surface area (Å²) in [5.74, 6) is 0.627. The second-order valence-corrected chi connectivity index (χ2v) is 7.40. The van der Waals surface area contributed by atoms with Gasteiger partial charge in [0.2, 0.25) is 0 Å². The fourth-order valence-corrected chi connectivity index (χ4v) is 4.12. The number of benzene rings is 3. The van der Waals surface area contributed by atoms with Crippen molar-refractivity contribution in [2.45, 2.75) is 12.0 Å². The summed E-state index contributed by atoms with van der Waals surface area (Å²) in [5.41, 5.74) is 13.7. The smallest absolute Gasteiger partial charge is 0.150 e. The Labute approximate surface area is 174 Å². The standard InChI is InChI=1S/C23H22ClFN2O2/c24-17-9-10-19-16(13-23(14-27,29-19)15-5-2-1-3-6-15)21(17)22-18(25)7-4-8-20(22)28-12-11-26/h1-10H,11-14,26-27H2/t23-/m1/s1. The van der Waals surface area contributed by atoms with E-state index in [0.717, 1.165) is 11.1 Å². The fraction of sp³-hybridized carbons (Fsp3) is 0.217. The van der Waals surface area contributed by atoms with Crippen molar-refractivity contribution in [3.63, 3.8) is 0 Å². The van der Waals surface area contributed by atoms with Gasteiger partial charge in [-0.05, 0) is 29.8 Å². The second-order valence-electron chi connectivity index (χ2n) is 6.99. The quantitative estimate of drug-likeness (QED) is 0.634. The van der Waals surface area contributed by atoms with E-state index in [0.29, 0.717) is 40.6 Å². The van der Waals surface area contributed by atoms with Crippen LogP contribution in [0, 0.1) is 5.82 Å². The first-order chi connectivity index (χ1) is 14.1. The van der Waals surface area contributed by atoms with Gasteiger partial charge in [-0.3, -0.25) is 0 Å². The molecular formula is C23H22ClFN2O2. The number of hydrogen-bond acceptors (Lipinski definition) is 4. The van der Waals surface area contributed by atoms with Crippen LogP contribution in [-0.4, -0.2) is 19.7 Å². The summed E-state index contributed by atoms with van der Waals surface area (Å²) in [7, 11) is 0. The molecule has 4 rings (SSSR count). The first-order valence-electron chi connectivity index (χ1n) is 9.47. The Balaban J connectivity index is 1.87. The molecule has 150 valence electrons. The van der Waals surface area contributed by atoms with Gasteiger partial charge in [0.15, 0.2) is 5.60 Å². The van der Waals surface area contributed by atoms with Gasteiger partial charge in [0, 0.05) is 35.7 Å². The summed E-state index contributed by atoms with van der Waals surface area (Å²) in [6.45, 7) is 0.872. The molecule has 6 heteroatoms. The Morgan fingerprint density at radius 1 is 1.00 bits per heavy atom. The van der Waals surface area contributed by atoms with Crippen molar-refractivity contribution in [2.24, 2.45) is 11.5 Å². The highest BCUT2D eigenvalue weighted by atomic mass is 35.5. The minimum Gasteiger partial charge on any atom is -0.492 e. The van der Waals surface area contributed by atoms with Crippen LogP contribution >= 0.6 is 11.6 Å². The van der Waals surface area contributed by atoms with Gasteiger partial charge < -0.3 is 20.9 Å². The van der Waals surface area contributed by atoms with Gasteiger partial charge in [-0.1, -0.05) is 48.0 Å². The molecule has 3 aromatic rings. The first-order valence-corrected chi connectivity index (χ1v) is 9.85. The van der Waals surface area contributed by atoms with E-state index in [2.05, 4.69) is 0 Å². The molecule has 1 aliphatic heterocycles.